The van der Waals surface area contributed by atoms with Crippen molar-refractivity contribution in [2.75, 3.05) is 20.6 Å². The van der Waals surface area contributed by atoms with Crippen molar-refractivity contribution in [2.24, 2.45) is 0 Å². The van der Waals surface area contributed by atoms with Crippen molar-refractivity contribution in [1.82, 2.24) is 15.2 Å². The Kier molecular flexibility index (Phi) is 4.63. The summed E-state index contributed by atoms with van der Waals surface area (Å²) >= 11 is 0. The molecule has 0 fully saturated rings. The number of nitrogens with one attached hydrogen (secondary N) is 1. The predicted molar refractivity (Wildman–Crippen MR) is 68.7 cm³/mol. The van der Waals surface area contributed by atoms with Gasteiger partial charge in [0, 0.05) is 26.0 Å². The van der Waals surface area contributed by atoms with Crippen LogP contribution in [0, 0.1) is 0 Å². The minimum absolute atomic E-state index is 0.101. The number of carbonyl (C=O) groups excluding carboxylic acids is 1. The van der Waals surface area contributed by atoms with Crippen LogP contribution in [0.4, 0.5) is 0 Å². The van der Waals surface area contributed by atoms with Crippen molar-refractivity contribution in [3.63, 3.8) is 0 Å². The van der Waals surface area contributed by atoms with Crippen molar-refractivity contribution in [2.45, 2.75) is 25.8 Å². The lowest BCUT2D eigenvalue weighted by Gasteiger charge is -2.29. The number of rotatable bonds is 5. The zero-order valence-electron chi connectivity index (χ0n) is 11.0. The molecule has 1 N–H and O–H groups in total. The minimum atomic E-state index is -0.510. The second-order valence-electron chi connectivity index (χ2n) is 4.71. The summed E-state index contributed by atoms with van der Waals surface area (Å²) in [5.41, 5.74) is 0.637. The Hall–Kier alpha value is -1.42. The van der Waals surface area contributed by atoms with E-state index in [2.05, 4.69) is 10.3 Å². The van der Waals surface area contributed by atoms with Gasteiger partial charge in [-0.15, -0.1) is 0 Å². The topological polar surface area (TPSA) is 45.2 Å². The third kappa shape index (κ3) is 3.82. The molecule has 0 aromatic carbocycles. The lowest BCUT2D eigenvalue weighted by molar-refractivity contribution is -0.135. The highest BCUT2D eigenvalue weighted by molar-refractivity contribution is 5.85. The molecule has 0 aliphatic rings. The van der Waals surface area contributed by atoms with Crippen LogP contribution < -0.4 is 5.32 Å². The van der Waals surface area contributed by atoms with Crippen molar-refractivity contribution in [3.05, 3.63) is 30.1 Å². The number of pyridine rings is 1. The van der Waals surface area contributed by atoms with Gasteiger partial charge < -0.3 is 10.2 Å². The molecular formula is C13H21N3O. The Labute approximate surface area is 103 Å². The molecule has 0 bridgehead atoms. The Bertz CT molecular complexity index is 362. The van der Waals surface area contributed by atoms with Gasteiger partial charge in [-0.25, -0.2) is 0 Å². The first-order chi connectivity index (χ1) is 7.97. The van der Waals surface area contributed by atoms with Crippen LogP contribution in [0.3, 0.4) is 0 Å². The first kappa shape index (κ1) is 13.6. The summed E-state index contributed by atoms with van der Waals surface area (Å²) in [4.78, 5) is 17.9. The van der Waals surface area contributed by atoms with E-state index in [1.807, 2.05) is 39.2 Å². The highest BCUT2D eigenvalue weighted by Crippen LogP contribution is 2.07. The van der Waals surface area contributed by atoms with Crippen molar-refractivity contribution >= 4 is 5.91 Å². The van der Waals surface area contributed by atoms with Gasteiger partial charge in [0.1, 0.15) is 0 Å². The average molecular weight is 235 g/mol. The largest absolute Gasteiger partial charge is 0.344 e. The minimum Gasteiger partial charge on any atom is -0.344 e. The predicted octanol–water partition coefficient (Wildman–Crippen LogP) is 1.08. The molecule has 0 unspecified atom stereocenters. The van der Waals surface area contributed by atoms with Crippen molar-refractivity contribution in [1.29, 1.82) is 0 Å². The summed E-state index contributed by atoms with van der Waals surface area (Å²) in [6.07, 6.45) is 4.42. The molecule has 1 aromatic rings. The second-order valence-corrected chi connectivity index (χ2v) is 4.71. The quantitative estimate of drug-likeness (QED) is 0.830. The van der Waals surface area contributed by atoms with E-state index in [0.717, 1.165) is 12.0 Å². The number of likely N-dealkylation sites (N-methyl/N-ethyl adjacent to an activating group) is 2. The third-order valence-electron chi connectivity index (χ3n) is 2.97. The summed E-state index contributed by atoms with van der Waals surface area (Å²) in [5.74, 6) is 0.101. The molecule has 1 rings (SSSR count). The third-order valence-corrected chi connectivity index (χ3v) is 2.97. The molecule has 0 atom stereocenters. The monoisotopic (exact) mass is 235 g/mol. The molecule has 4 nitrogen and oxygen atoms in total. The molecule has 94 valence electrons. The molecule has 0 radical (unpaired) electrons. The van der Waals surface area contributed by atoms with Gasteiger partial charge in [0.15, 0.2) is 0 Å². The maximum Gasteiger partial charge on any atom is 0.242 e. The summed E-state index contributed by atoms with van der Waals surface area (Å²) < 4.78 is 0. The van der Waals surface area contributed by atoms with Crippen LogP contribution in [0.25, 0.3) is 0 Å². The Balaban J connectivity index is 2.50. The van der Waals surface area contributed by atoms with Gasteiger partial charge in [-0.05, 0) is 38.9 Å². The van der Waals surface area contributed by atoms with Gasteiger partial charge in [0.2, 0.25) is 5.91 Å². The standard InChI is InChI=1S/C13H21N3O/c1-13(2,14-3)12(17)16(4)9-7-11-6-5-8-15-10-11/h5-6,8,10,14H,7,9H2,1-4H3. The first-order valence-corrected chi connectivity index (χ1v) is 5.81. The van der Waals surface area contributed by atoms with E-state index in [9.17, 15) is 4.79 Å². The Morgan fingerprint density at radius 3 is 2.76 bits per heavy atom. The van der Waals surface area contributed by atoms with Crippen LogP contribution in [-0.2, 0) is 11.2 Å². The highest BCUT2D eigenvalue weighted by Gasteiger charge is 2.27. The molecule has 0 spiro atoms. The fourth-order valence-corrected chi connectivity index (χ4v) is 1.53. The van der Waals surface area contributed by atoms with Gasteiger partial charge in [-0.2, -0.15) is 0 Å². The Morgan fingerprint density at radius 2 is 2.24 bits per heavy atom. The fourth-order valence-electron chi connectivity index (χ4n) is 1.53. The summed E-state index contributed by atoms with van der Waals surface area (Å²) in [5, 5.41) is 3.02. The molecule has 1 amide bonds. The molecule has 0 saturated carbocycles. The number of carbonyl (C=O) groups is 1. The van der Waals surface area contributed by atoms with E-state index in [1.165, 1.54) is 0 Å². The zero-order valence-corrected chi connectivity index (χ0v) is 11.0. The molecule has 0 aliphatic carbocycles. The number of aromatic nitrogens is 1. The van der Waals surface area contributed by atoms with Gasteiger partial charge in [-0.3, -0.25) is 9.78 Å². The number of hydrogen-bond acceptors (Lipinski definition) is 3. The smallest absolute Gasteiger partial charge is 0.242 e. The second kappa shape index (κ2) is 5.77. The average Bonchev–Trinajstić information content (AvgIpc) is 2.36. The molecule has 0 aliphatic heterocycles. The molecular weight excluding hydrogens is 214 g/mol. The van der Waals surface area contributed by atoms with Crippen molar-refractivity contribution < 1.29 is 4.79 Å². The molecule has 17 heavy (non-hydrogen) atoms. The van der Waals surface area contributed by atoms with E-state index in [-0.39, 0.29) is 5.91 Å². The van der Waals surface area contributed by atoms with Crippen LogP contribution >= 0.6 is 0 Å². The van der Waals surface area contributed by atoms with Gasteiger partial charge >= 0.3 is 0 Å². The zero-order chi connectivity index (χ0) is 12.9. The van der Waals surface area contributed by atoms with Crippen LogP contribution in [0.5, 0.6) is 0 Å². The maximum absolute atomic E-state index is 12.1. The molecule has 0 saturated heterocycles. The Morgan fingerprint density at radius 1 is 1.53 bits per heavy atom. The van der Waals surface area contributed by atoms with Crippen LogP contribution in [0.2, 0.25) is 0 Å². The number of hydrogen-bond donors (Lipinski definition) is 1. The van der Waals surface area contributed by atoms with E-state index in [4.69, 9.17) is 0 Å². The summed E-state index contributed by atoms with van der Waals surface area (Å²) in [6.45, 7) is 4.47. The van der Waals surface area contributed by atoms with Gasteiger partial charge in [0.25, 0.3) is 0 Å². The number of amides is 1. The van der Waals surface area contributed by atoms with Gasteiger partial charge in [-0.1, -0.05) is 6.07 Å². The van der Waals surface area contributed by atoms with Crippen LogP contribution in [0.15, 0.2) is 24.5 Å². The number of nitrogens with zero attached hydrogens (tertiary/aromatic N) is 2. The normalized spacial score (nSPS) is 11.3. The fraction of sp³-hybridized carbons (Fsp3) is 0.538. The van der Waals surface area contributed by atoms with E-state index < -0.39 is 5.54 Å². The van der Waals surface area contributed by atoms with Crippen LogP contribution in [0.1, 0.15) is 19.4 Å². The van der Waals surface area contributed by atoms with Crippen LogP contribution in [-0.4, -0.2) is 42.0 Å². The molecule has 4 heteroatoms. The molecule has 1 heterocycles. The highest BCUT2D eigenvalue weighted by atomic mass is 16.2. The maximum atomic E-state index is 12.1. The lowest BCUT2D eigenvalue weighted by Crippen LogP contribution is -2.52. The van der Waals surface area contributed by atoms with Crippen molar-refractivity contribution in [3.8, 4) is 0 Å². The SMILES string of the molecule is CNC(C)(C)C(=O)N(C)CCc1cccnc1. The molecule has 1 aromatic heterocycles. The first-order valence-electron chi connectivity index (χ1n) is 5.81. The lowest BCUT2D eigenvalue weighted by atomic mass is 10.0. The summed E-state index contributed by atoms with van der Waals surface area (Å²) in [7, 11) is 3.63. The summed E-state index contributed by atoms with van der Waals surface area (Å²) in [6, 6.07) is 3.93. The van der Waals surface area contributed by atoms with E-state index in [0.29, 0.717) is 6.54 Å². The van der Waals surface area contributed by atoms with E-state index in [1.54, 1.807) is 18.1 Å². The van der Waals surface area contributed by atoms with Gasteiger partial charge in [0.05, 0.1) is 5.54 Å². The van der Waals surface area contributed by atoms with E-state index >= 15 is 0 Å².